The maximum absolute atomic E-state index is 13.1. The highest BCUT2D eigenvalue weighted by atomic mass is 19.1. The fourth-order valence-corrected chi connectivity index (χ4v) is 4.11. The number of rotatable bonds is 6. The van der Waals surface area contributed by atoms with E-state index >= 15 is 0 Å². The second kappa shape index (κ2) is 8.13. The Morgan fingerprint density at radius 3 is 2.41 bits per heavy atom. The average molecular weight is 389 g/mol. The van der Waals surface area contributed by atoms with Crippen LogP contribution in [0.2, 0.25) is 0 Å². The van der Waals surface area contributed by atoms with E-state index in [-0.39, 0.29) is 11.7 Å². The quantitative estimate of drug-likeness (QED) is 0.697. The Labute approximate surface area is 170 Å². The van der Waals surface area contributed by atoms with Gasteiger partial charge in [-0.3, -0.25) is 14.7 Å². The van der Waals surface area contributed by atoms with Crippen LogP contribution in [0.15, 0.2) is 73.1 Å². The van der Waals surface area contributed by atoms with Crippen LogP contribution in [0.4, 0.5) is 4.39 Å². The second-order valence-electron chi connectivity index (χ2n) is 7.85. The lowest BCUT2D eigenvalue weighted by Gasteiger charge is -2.26. The number of primary amides is 1. The van der Waals surface area contributed by atoms with E-state index in [4.69, 9.17) is 5.73 Å². The van der Waals surface area contributed by atoms with Crippen LogP contribution in [0.1, 0.15) is 17.5 Å². The van der Waals surface area contributed by atoms with Gasteiger partial charge in [-0.05, 0) is 59.8 Å². The SMILES string of the molecule is NC(=O)C1(Cc2ccc(-c3cccnc3)cc2)CCN(Cc2ccc(F)cc2)C1. The average Bonchev–Trinajstić information content (AvgIpc) is 3.15. The first-order chi connectivity index (χ1) is 14.0. The molecule has 0 saturated carbocycles. The van der Waals surface area contributed by atoms with Crippen LogP contribution in [0, 0.1) is 11.2 Å². The molecule has 1 aliphatic rings. The standard InChI is InChI=1S/C24H24FN3O/c25-22-9-5-19(6-10-22)16-28-13-11-24(17-28,23(26)29)14-18-3-7-20(8-4-18)21-2-1-12-27-15-21/h1-10,12,15H,11,13-14,16-17H2,(H2,26,29). The fraction of sp³-hybridized carbons (Fsp3) is 0.250. The first-order valence-corrected chi connectivity index (χ1v) is 9.80. The molecule has 1 aromatic heterocycles. The first-order valence-electron chi connectivity index (χ1n) is 9.80. The molecule has 0 aliphatic carbocycles. The molecular formula is C24H24FN3O. The minimum atomic E-state index is -0.574. The molecule has 0 bridgehead atoms. The van der Waals surface area contributed by atoms with Crippen LogP contribution < -0.4 is 5.73 Å². The zero-order chi connectivity index (χ0) is 20.3. The summed E-state index contributed by atoms with van der Waals surface area (Å²) in [7, 11) is 0. The smallest absolute Gasteiger partial charge is 0.225 e. The maximum atomic E-state index is 13.1. The Hall–Kier alpha value is -3.05. The molecule has 2 N–H and O–H groups in total. The molecule has 148 valence electrons. The summed E-state index contributed by atoms with van der Waals surface area (Å²) in [5.74, 6) is -0.494. The summed E-state index contributed by atoms with van der Waals surface area (Å²) in [5.41, 5.74) is 9.57. The van der Waals surface area contributed by atoms with Crippen LogP contribution in [0.3, 0.4) is 0 Å². The summed E-state index contributed by atoms with van der Waals surface area (Å²) < 4.78 is 13.1. The van der Waals surface area contributed by atoms with Crippen molar-refractivity contribution in [2.24, 2.45) is 11.1 Å². The van der Waals surface area contributed by atoms with E-state index in [2.05, 4.69) is 34.1 Å². The van der Waals surface area contributed by atoms with E-state index < -0.39 is 5.41 Å². The summed E-state index contributed by atoms with van der Waals surface area (Å²) in [6.07, 6.45) is 4.94. The predicted octanol–water partition coefficient (Wildman–Crippen LogP) is 3.81. The van der Waals surface area contributed by atoms with Crippen molar-refractivity contribution in [2.75, 3.05) is 13.1 Å². The summed E-state index contributed by atoms with van der Waals surface area (Å²) >= 11 is 0. The molecule has 0 radical (unpaired) electrons. The van der Waals surface area contributed by atoms with E-state index in [0.29, 0.717) is 19.5 Å². The molecular weight excluding hydrogens is 365 g/mol. The van der Waals surface area contributed by atoms with E-state index in [1.165, 1.54) is 12.1 Å². The molecule has 2 heterocycles. The maximum Gasteiger partial charge on any atom is 0.225 e. The Morgan fingerprint density at radius 2 is 1.76 bits per heavy atom. The Kier molecular flexibility index (Phi) is 5.41. The molecule has 29 heavy (non-hydrogen) atoms. The monoisotopic (exact) mass is 389 g/mol. The van der Waals surface area contributed by atoms with Crippen molar-refractivity contribution >= 4 is 5.91 Å². The number of halogens is 1. The minimum Gasteiger partial charge on any atom is -0.369 e. The minimum absolute atomic E-state index is 0.239. The van der Waals surface area contributed by atoms with E-state index in [1.807, 2.05) is 18.3 Å². The Morgan fingerprint density at radius 1 is 1.03 bits per heavy atom. The van der Waals surface area contributed by atoms with Gasteiger partial charge in [-0.25, -0.2) is 4.39 Å². The van der Waals surface area contributed by atoms with Gasteiger partial charge < -0.3 is 5.73 Å². The van der Waals surface area contributed by atoms with E-state index in [1.54, 1.807) is 18.3 Å². The van der Waals surface area contributed by atoms with Crippen molar-refractivity contribution in [2.45, 2.75) is 19.4 Å². The topological polar surface area (TPSA) is 59.2 Å². The third-order valence-corrected chi connectivity index (χ3v) is 5.77. The van der Waals surface area contributed by atoms with Crippen LogP contribution in [-0.4, -0.2) is 28.9 Å². The summed E-state index contributed by atoms with van der Waals surface area (Å²) in [6.45, 7) is 2.10. The lowest BCUT2D eigenvalue weighted by Crippen LogP contribution is -2.41. The van der Waals surface area contributed by atoms with Gasteiger partial charge >= 0.3 is 0 Å². The second-order valence-corrected chi connectivity index (χ2v) is 7.85. The van der Waals surface area contributed by atoms with Gasteiger partial charge in [0.25, 0.3) is 0 Å². The van der Waals surface area contributed by atoms with Crippen molar-refractivity contribution in [3.63, 3.8) is 0 Å². The Bertz CT molecular complexity index is 973. The largest absolute Gasteiger partial charge is 0.369 e. The highest BCUT2D eigenvalue weighted by molar-refractivity contribution is 5.82. The molecule has 3 aromatic rings. The lowest BCUT2D eigenvalue weighted by molar-refractivity contribution is -0.127. The predicted molar refractivity (Wildman–Crippen MR) is 111 cm³/mol. The van der Waals surface area contributed by atoms with Gasteiger partial charge in [0.1, 0.15) is 5.82 Å². The van der Waals surface area contributed by atoms with Crippen molar-refractivity contribution in [3.05, 3.63) is 90.0 Å². The van der Waals surface area contributed by atoms with Gasteiger partial charge in [0.05, 0.1) is 5.41 Å². The number of nitrogens with two attached hydrogens (primary N) is 1. The summed E-state index contributed by atoms with van der Waals surface area (Å²) in [5, 5.41) is 0. The Balaban J connectivity index is 1.46. The number of benzene rings is 2. The van der Waals surface area contributed by atoms with Crippen molar-refractivity contribution < 1.29 is 9.18 Å². The molecule has 4 rings (SSSR count). The van der Waals surface area contributed by atoms with Crippen LogP contribution in [0.25, 0.3) is 11.1 Å². The van der Waals surface area contributed by atoms with Crippen LogP contribution >= 0.6 is 0 Å². The molecule has 1 unspecified atom stereocenters. The number of likely N-dealkylation sites (tertiary alicyclic amines) is 1. The zero-order valence-electron chi connectivity index (χ0n) is 16.2. The molecule has 1 saturated heterocycles. The molecule has 4 nitrogen and oxygen atoms in total. The molecule has 1 aliphatic heterocycles. The summed E-state index contributed by atoms with van der Waals surface area (Å²) in [4.78, 5) is 18.8. The van der Waals surface area contributed by atoms with Crippen molar-refractivity contribution in [3.8, 4) is 11.1 Å². The normalized spacial score (nSPS) is 19.3. The number of carbonyl (C=O) groups excluding carboxylic acids is 1. The molecule has 1 fully saturated rings. The number of nitrogens with zero attached hydrogens (tertiary/aromatic N) is 2. The highest BCUT2D eigenvalue weighted by Crippen LogP contribution is 2.35. The number of hydrogen-bond donors (Lipinski definition) is 1. The molecule has 1 atom stereocenters. The van der Waals surface area contributed by atoms with E-state index in [9.17, 15) is 9.18 Å². The van der Waals surface area contributed by atoms with Gasteiger partial charge in [-0.1, -0.05) is 42.5 Å². The third kappa shape index (κ3) is 4.35. The lowest BCUT2D eigenvalue weighted by atomic mass is 9.80. The number of amides is 1. The van der Waals surface area contributed by atoms with Crippen LogP contribution in [0.5, 0.6) is 0 Å². The fourth-order valence-electron chi connectivity index (χ4n) is 4.11. The van der Waals surface area contributed by atoms with Gasteiger partial charge in [0.2, 0.25) is 5.91 Å². The number of carbonyl (C=O) groups is 1. The van der Waals surface area contributed by atoms with Gasteiger partial charge in [0.15, 0.2) is 0 Å². The van der Waals surface area contributed by atoms with Crippen LogP contribution in [-0.2, 0) is 17.8 Å². The molecule has 0 spiro atoms. The van der Waals surface area contributed by atoms with Crippen molar-refractivity contribution in [1.29, 1.82) is 0 Å². The summed E-state index contributed by atoms with van der Waals surface area (Å²) in [6, 6.07) is 18.7. The third-order valence-electron chi connectivity index (χ3n) is 5.77. The van der Waals surface area contributed by atoms with Gasteiger partial charge in [-0.15, -0.1) is 0 Å². The van der Waals surface area contributed by atoms with E-state index in [0.717, 1.165) is 35.2 Å². The number of aromatic nitrogens is 1. The molecule has 2 aromatic carbocycles. The first kappa shape index (κ1) is 19.3. The van der Waals surface area contributed by atoms with Gasteiger partial charge in [-0.2, -0.15) is 0 Å². The number of pyridine rings is 1. The molecule has 1 amide bonds. The zero-order valence-corrected chi connectivity index (χ0v) is 16.2. The highest BCUT2D eigenvalue weighted by Gasteiger charge is 2.43. The van der Waals surface area contributed by atoms with Gasteiger partial charge in [0, 0.05) is 25.5 Å². The van der Waals surface area contributed by atoms with Crippen molar-refractivity contribution in [1.82, 2.24) is 9.88 Å². The molecule has 5 heteroatoms. The number of hydrogen-bond acceptors (Lipinski definition) is 3.